The second-order valence-electron chi connectivity index (χ2n) is 5.72. The molecule has 0 N–H and O–H groups in total. The summed E-state index contributed by atoms with van der Waals surface area (Å²) in [6.07, 6.45) is 2.74. The number of esters is 2. The zero-order valence-corrected chi connectivity index (χ0v) is 14.5. The summed E-state index contributed by atoms with van der Waals surface area (Å²) < 4.78 is 15.4. The lowest BCUT2D eigenvalue weighted by Crippen LogP contribution is -2.26. The summed E-state index contributed by atoms with van der Waals surface area (Å²) in [6.45, 7) is 1.87. The van der Waals surface area contributed by atoms with Crippen LogP contribution < -0.4 is 0 Å². The monoisotopic (exact) mass is 346 g/mol. The van der Waals surface area contributed by atoms with Gasteiger partial charge in [0.25, 0.3) is 0 Å². The van der Waals surface area contributed by atoms with E-state index in [1.165, 1.54) is 31.5 Å². The molecule has 0 aliphatic carbocycles. The highest BCUT2D eigenvalue weighted by Gasteiger charge is 2.54. The molecule has 0 amide bonds. The summed E-state index contributed by atoms with van der Waals surface area (Å²) in [5, 5.41) is 0. The van der Waals surface area contributed by atoms with Crippen molar-refractivity contribution < 1.29 is 23.8 Å². The van der Waals surface area contributed by atoms with Crippen molar-refractivity contribution in [3.63, 3.8) is 0 Å². The Morgan fingerprint density at radius 2 is 1.83 bits per heavy atom. The van der Waals surface area contributed by atoms with Gasteiger partial charge in [0, 0.05) is 6.42 Å². The van der Waals surface area contributed by atoms with Gasteiger partial charge in [-0.15, -0.1) is 0 Å². The van der Waals surface area contributed by atoms with E-state index in [0.29, 0.717) is 0 Å². The van der Waals surface area contributed by atoms with Gasteiger partial charge in [0.05, 0.1) is 25.7 Å². The first-order chi connectivity index (χ1) is 11.5. The van der Waals surface area contributed by atoms with E-state index in [0.717, 1.165) is 11.3 Å². The Kier molecular flexibility index (Phi) is 4.41. The maximum absolute atomic E-state index is 12.2. The van der Waals surface area contributed by atoms with Crippen LogP contribution in [0.2, 0.25) is 0 Å². The number of hydrogen-bond acceptors (Lipinski definition) is 6. The van der Waals surface area contributed by atoms with Gasteiger partial charge in [-0.05, 0) is 17.4 Å². The summed E-state index contributed by atoms with van der Waals surface area (Å²) in [5.74, 6) is -1.63. The lowest BCUT2D eigenvalue weighted by molar-refractivity contribution is -0.142. The van der Waals surface area contributed by atoms with E-state index in [4.69, 9.17) is 14.2 Å². The van der Waals surface area contributed by atoms with Crippen LogP contribution in [0.25, 0.3) is 0 Å². The van der Waals surface area contributed by atoms with Crippen LogP contribution in [0.5, 0.6) is 0 Å². The summed E-state index contributed by atoms with van der Waals surface area (Å²) in [7, 11) is 2.55. The van der Waals surface area contributed by atoms with Crippen LogP contribution in [0.1, 0.15) is 12.5 Å². The summed E-state index contributed by atoms with van der Waals surface area (Å²) >= 11 is 1.52. The highest BCUT2D eigenvalue weighted by molar-refractivity contribution is 8.04. The Balaban J connectivity index is 1.93. The van der Waals surface area contributed by atoms with Crippen LogP contribution in [-0.2, 0) is 30.2 Å². The minimum atomic E-state index is -0.739. The summed E-state index contributed by atoms with van der Waals surface area (Å²) in [5.41, 5.74) is 1.40. The molecule has 0 fully saturated rings. The van der Waals surface area contributed by atoms with E-state index in [-0.39, 0.29) is 17.3 Å². The molecule has 0 unspecified atom stereocenters. The topological polar surface area (TPSA) is 61.8 Å². The van der Waals surface area contributed by atoms with Crippen LogP contribution >= 0.6 is 11.8 Å². The molecule has 0 saturated carbocycles. The predicted molar refractivity (Wildman–Crippen MR) is 89.9 cm³/mol. The SMILES string of the molecule is COC(=O)C1=C(C(=O)OC)[C@H]2C=C(Cc3ccccc3)S[C@@]2(C)O1. The van der Waals surface area contributed by atoms with Gasteiger partial charge in [-0.2, -0.15) is 0 Å². The Hall–Kier alpha value is -2.21. The Bertz CT molecular complexity index is 737. The van der Waals surface area contributed by atoms with Crippen LogP contribution in [0.15, 0.2) is 52.6 Å². The van der Waals surface area contributed by atoms with Crippen molar-refractivity contribution in [2.45, 2.75) is 18.3 Å². The number of methoxy groups -OCH3 is 2. The average Bonchev–Trinajstić information content (AvgIpc) is 3.04. The largest absolute Gasteiger partial charge is 0.468 e. The molecule has 0 spiro atoms. The Morgan fingerprint density at radius 1 is 1.17 bits per heavy atom. The molecule has 0 saturated heterocycles. The van der Waals surface area contributed by atoms with Gasteiger partial charge in [0.2, 0.25) is 5.76 Å². The maximum atomic E-state index is 12.2. The van der Waals surface area contributed by atoms with E-state index >= 15 is 0 Å². The number of thioether (sulfide) groups is 1. The Labute approximate surface area is 144 Å². The van der Waals surface area contributed by atoms with Gasteiger partial charge in [-0.1, -0.05) is 48.2 Å². The van der Waals surface area contributed by atoms with Gasteiger partial charge >= 0.3 is 11.9 Å². The first-order valence-corrected chi connectivity index (χ1v) is 8.33. The third-order valence-corrected chi connectivity index (χ3v) is 5.39. The van der Waals surface area contributed by atoms with Gasteiger partial charge in [0.15, 0.2) is 4.93 Å². The van der Waals surface area contributed by atoms with Crippen molar-refractivity contribution >= 4 is 23.7 Å². The first kappa shape index (κ1) is 16.6. The Morgan fingerprint density at radius 3 is 2.46 bits per heavy atom. The molecule has 0 aromatic heterocycles. The molecule has 24 heavy (non-hydrogen) atoms. The van der Waals surface area contributed by atoms with E-state index < -0.39 is 16.9 Å². The smallest absolute Gasteiger partial charge is 0.373 e. The molecule has 0 bridgehead atoms. The van der Waals surface area contributed by atoms with Gasteiger partial charge in [-0.3, -0.25) is 0 Å². The van der Waals surface area contributed by atoms with Crippen LogP contribution in [0, 0.1) is 5.92 Å². The van der Waals surface area contributed by atoms with Crippen molar-refractivity contribution in [3.05, 3.63) is 58.2 Å². The number of fused-ring (bicyclic) bond motifs is 1. The molecule has 1 aromatic carbocycles. The maximum Gasteiger partial charge on any atom is 0.373 e. The average molecular weight is 346 g/mol. The fraction of sp³-hybridized carbons (Fsp3) is 0.333. The number of ether oxygens (including phenoxy) is 3. The molecule has 3 rings (SSSR count). The normalized spacial score (nSPS) is 25.0. The molecule has 126 valence electrons. The summed E-state index contributed by atoms with van der Waals surface area (Å²) in [4.78, 5) is 24.5. The minimum absolute atomic E-state index is 0.0561. The lowest BCUT2D eigenvalue weighted by Gasteiger charge is -2.24. The van der Waals surface area contributed by atoms with Gasteiger partial charge < -0.3 is 14.2 Å². The van der Waals surface area contributed by atoms with Crippen molar-refractivity contribution in [1.29, 1.82) is 0 Å². The van der Waals surface area contributed by atoms with Gasteiger partial charge in [-0.25, -0.2) is 9.59 Å². The number of carbonyl (C=O) groups is 2. The molecule has 2 heterocycles. The second kappa shape index (κ2) is 6.36. The van der Waals surface area contributed by atoms with Crippen LogP contribution in [-0.4, -0.2) is 31.1 Å². The fourth-order valence-electron chi connectivity index (χ4n) is 2.99. The van der Waals surface area contributed by atoms with Crippen LogP contribution in [0.4, 0.5) is 0 Å². The standard InChI is InChI=1S/C18H18O5S/c1-18-13(10-12(24-18)9-11-7-5-4-6-8-11)14(16(19)21-2)15(23-18)17(20)22-3/h4-8,10,13H,9H2,1-3H3/t13-,18-/m1/s1. The minimum Gasteiger partial charge on any atom is -0.468 e. The fourth-order valence-corrected chi connectivity index (χ4v) is 4.39. The molecule has 2 aliphatic heterocycles. The highest BCUT2D eigenvalue weighted by atomic mass is 32.2. The predicted octanol–water partition coefficient (Wildman–Crippen LogP) is 2.82. The molecule has 1 aromatic rings. The van der Waals surface area contributed by atoms with E-state index in [1.54, 1.807) is 0 Å². The number of allylic oxidation sites excluding steroid dienone is 1. The van der Waals surface area contributed by atoms with E-state index in [9.17, 15) is 9.59 Å². The number of carbonyl (C=O) groups excluding carboxylic acids is 2. The third-order valence-electron chi connectivity index (χ3n) is 4.11. The first-order valence-electron chi connectivity index (χ1n) is 7.52. The number of benzene rings is 1. The molecular weight excluding hydrogens is 328 g/mol. The summed E-state index contributed by atoms with van der Waals surface area (Å²) in [6, 6.07) is 10.1. The highest BCUT2D eigenvalue weighted by Crippen LogP contribution is 2.56. The molecule has 6 heteroatoms. The zero-order valence-electron chi connectivity index (χ0n) is 13.7. The molecule has 2 atom stereocenters. The van der Waals surface area contributed by atoms with Crippen LogP contribution in [0.3, 0.4) is 0 Å². The molecule has 0 radical (unpaired) electrons. The number of hydrogen-bond donors (Lipinski definition) is 0. The zero-order chi connectivity index (χ0) is 17.3. The van der Waals surface area contributed by atoms with E-state index in [1.807, 2.05) is 31.2 Å². The van der Waals surface area contributed by atoms with E-state index in [2.05, 4.69) is 12.1 Å². The van der Waals surface area contributed by atoms with Crippen molar-refractivity contribution in [2.24, 2.45) is 5.92 Å². The van der Waals surface area contributed by atoms with Crippen molar-refractivity contribution in [2.75, 3.05) is 14.2 Å². The van der Waals surface area contributed by atoms with Crippen molar-refractivity contribution in [3.8, 4) is 0 Å². The number of rotatable bonds is 4. The van der Waals surface area contributed by atoms with Crippen molar-refractivity contribution in [1.82, 2.24) is 0 Å². The molecule has 2 aliphatic rings. The molecule has 5 nitrogen and oxygen atoms in total. The second-order valence-corrected chi connectivity index (χ2v) is 7.26. The van der Waals surface area contributed by atoms with Gasteiger partial charge in [0.1, 0.15) is 0 Å². The third kappa shape index (κ3) is 2.82. The lowest BCUT2D eigenvalue weighted by atomic mass is 9.94. The molecular formula is C18H18O5S. The quantitative estimate of drug-likeness (QED) is 0.781.